The molecule has 0 amide bonds. The molecule has 106 valence electrons. The van der Waals surface area contributed by atoms with E-state index in [1.54, 1.807) is 7.11 Å². The van der Waals surface area contributed by atoms with Gasteiger partial charge in [0.05, 0.1) is 12.6 Å². The smallest absolute Gasteiger partial charge is 0.206 e. The van der Waals surface area contributed by atoms with E-state index in [1.165, 1.54) is 12.8 Å². The van der Waals surface area contributed by atoms with E-state index in [0.29, 0.717) is 23.9 Å². The lowest BCUT2D eigenvalue weighted by atomic mass is 10.2. The van der Waals surface area contributed by atoms with Gasteiger partial charge in [-0.2, -0.15) is 11.8 Å². The summed E-state index contributed by atoms with van der Waals surface area (Å²) in [7, 11) is 1.69. The molecule has 5 nitrogen and oxygen atoms in total. The van der Waals surface area contributed by atoms with Crippen molar-refractivity contribution in [1.29, 1.82) is 0 Å². The summed E-state index contributed by atoms with van der Waals surface area (Å²) in [6, 6.07) is 0.576. The highest BCUT2D eigenvalue weighted by Gasteiger charge is 2.27. The molecule has 0 heterocycles. The van der Waals surface area contributed by atoms with Crippen LogP contribution in [0.4, 0.5) is 0 Å². The maximum absolute atomic E-state index is 5.52. The lowest BCUT2D eigenvalue weighted by Crippen LogP contribution is -2.47. The highest BCUT2D eigenvalue weighted by atomic mass is 32.2. The molecule has 1 fully saturated rings. The van der Waals surface area contributed by atoms with Crippen LogP contribution < -0.4 is 16.6 Å². The van der Waals surface area contributed by atoms with Crippen molar-refractivity contribution >= 4 is 17.7 Å². The monoisotopic (exact) mass is 274 g/mol. The number of nitrogens with two attached hydrogens (primary N) is 1. The van der Waals surface area contributed by atoms with E-state index in [0.717, 1.165) is 12.2 Å². The molecule has 0 bridgehead atoms. The minimum Gasteiger partial charge on any atom is -0.383 e. The number of methoxy groups -OCH3 is 1. The molecule has 0 aromatic heterocycles. The van der Waals surface area contributed by atoms with E-state index < -0.39 is 0 Å². The van der Waals surface area contributed by atoms with E-state index in [1.807, 2.05) is 18.7 Å². The molecule has 1 aliphatic rings. The van der Waals surface area contributed by atoms with Crippen molar-refractivity contribution in [3.05, 3.63) is 0 Å². The molecule has 0 aromatic carbocycles. The van der Waals surface area contributed by atoms with Gasteiger partial charge in [0.2, 0.25) is 5.96 Å². The summed E-state index contributed by atoms with van der Waals surface area (Å²) in [5.41, 5.74) is 2.65. The molecule has 3 atom stereocenters. The van der Waals surface area contributed by atoms with Gasteiger partial charge in [-0.15, -0.1) is 0 Å². The van der Waals surface area contributed by atoms with Crippen LogP contribution >= 0.6 is 11.8 Å². The number of hydrogen-bond acceptors (Lipinski definition) is 4. The van der Waals surface area contributed by atoms with E-state index in [-0.39, 0.29) is 6.04 Å². The Balaban J connectivity index is 2.54. The van der Waals surface area contributed by atoms with Crippen LogP contribution in [-0.2, 0) is 4.74 Å². The molecule has 18 heavy (non-hydrogen) atoms. The second-order valence-electron chi connectivity index (χ2n) is 4.61. The number of aliphatic imine (C=N–C) groups is 1. The normalized spacial score (nSPS) is 26.1. The highest BCUT2D eigenvalue weighted by Crippen LogP contribution is 2.31. The first kappa shape index (κ1) is 15.6. The molecular weight excluding hydrogens is 248 g/mol. The molecule has 0 aromatic rings. The number of rotatable bonds is 6. The molecule has 0 spiro atoms. The Morgan fingerprint density at radius 3 is 2.94 bits per heavy atom. The Bertz CT molecular complexity index is 262. The number of ether oxygens (including phenoxy) is 1. The summed E-state index contributed by atoms with van der Waals surface area (Å²) < 4.78 is 5.09. The molecule has 1 rings (SSSR count). The third-order valence-corrected chi connectivity index (χ3v) is 4.34. The van der Waals surface area contributed by atoms with Crippen LogP contribution in [0.2, 0.25) is 0 Å². The average Bonchev–Trinajstić information content (AvgIpc) is 2.76. The Kier molecular flexibility index (Phi) is 7.46. The van der Waals surface area contributed by atoms with E-state index >= 15 is 0 Å². The third kappa shape index (κ3) is 5.04. The maximum Gasteiger partial charge on any atom is 0.206 e. The van der Waals surface area contributed by atoms with Crippen LogP contribution in [0.1, 0.15) is 33.1 Å². The number of nitrogens with zero attached hydrogens (tertiary/aromatic N) is 1. The van der Waals surface area contributed by atoms with Gasteiger partial charge in [0.25, 0.3) is 0 Å². The predicted octanol–water partition coefficient (Wildman–Crippen LogP) is 1.10. The highest BCUT2D eigenvalue weighted by molar-refractivity contribution is 7.99. The molecule has 1 aliphatic carbocycles. The van der Waals surface area contributed by atoms with Gasteiger partial charge in [-0.3, -0.25) is 5.43 Å². The van der Waals surface area contributed by atoms with Crippen molar-refractivity contribution in [3.8, 4) is 0 Å². The summed E-state index contributed by atoms with van der Waals surface area (Å²) in [6.07, 6.45) is 3.68. The van der Waals surface area contributed by atoms with Gasteiger partial charge in [-0.1, -0.05) is 13.3 Å². The Labute approximate surface area is 114 Å². The number of hydrazine groups is 1. The quantitative estimate of drug-likeness (QED) is 0.293. The second kappa shape index (κ2) is 8.61. The lowest BCUT2D eigenvalue weighted by Gasteiger charge is -2.19. The molecule has 0 radical (unpaired) electrons. The van der Waals surface area contributed by atoms with E-state index in [4.69, 9.17) is 15.6 Å². The van der Waals surface area contributed by atoms with Crippen molar-refractivity contribution in [3.63, 3.8) is 0 Å². The molecular formula is C12H26N4OS. The van der Waals surface area contributed by atoms with Gasteiger partial charge in [-0.25, -0.2) is 10.8 Å². The van der Waals surface area contributed by atoms with Crippen LogP contribution in [-0.4, -0.2) is 42.8 Å². The van der Waals surface area contributed by atoms with Gasteiger partial charge >= 0.3 is 0 Å². The van der Waals surface area contributed by atoms with Crippen LogP contribution in [0.25, 0.3) is 0 Å². The Hall–Kier alpha value is -0.460. The van der Waals surface area contributed by atoms with Gasteiger partial charge in [0, 0.05) is 18.4 Å². The van der Waals surface area contributed by atoms with Crippen molar-refractivity contribution in [2.24, 2.45) is 10.8 Å². The SMILES string of the molecule is CCSC1CCCC1N=C(NN)NC(C)COC. The zero-order valence-corrected chi connectivity index (χ0v) is 12.4. The van der Waals surface area contributed by atoms with E-state index in [2.05, 4.69) is 17.7 Å². The fourth-order valence-corrected chi connectivity index (χ4v) is 3.45. The standard InChI is InChI=1S/C12H26N4OS/c1-4-18-11-7-5-6-10(11)15-12(16-13)14-9(2)8-17-3/h9-11H,4-8,13H2,1-3H3,(H2,14,15,16). The molecule has 1 saturated carbocycles. The van der Waals surface area contributed by atoms with E-state index in [9.17, 15) is 0 Å². The minimum absolute atomic E-state index is 0.198. The summed E-state index contributed by atoms with van der Waals surface area (Å²) in [6.45, 7) is 4.88. The first-order valence-corrected chi connectivity index (χ1v) is 7.67. The zero-order valence-electron chi connectivity index (χ0n) is 11.6. The molecule has 3 unspecified atom stereocenters. The fraction of sp³-hybridized carbons (Fsp3) is 0.917. The van der Waals surface area contributed by atoms with Gasteiger partial charge in [-0.05, 0) is 25.5 Å². The first-order valence-electron chi connectivity index (χ1n) is 6.62. The summed E-state index contributed by atoms with van der Waals surface area (Å²) in [5.74, 6) is 7.35. The third-order valence-electron chi connectivity index (χ3n) is 3.03. The number of hydrogen-bond donors (Lipinski definition) is 3. The fourth-order valence-electron chi connectivity index (χ4n) is 2.27. The second-order valence-corrected chi connectivity index (χ2v) is 6.13. The number of guanidine groups is 1. The largest absolute Gasteiger partial charge is 0.383 e. The molecule has 4 N–H and O–H groups in total. The molecule has 0 aliphatic heterocycles. The number of nitrogens with one attached hydrogen (secondary N) is 2. The first-order chi connectivity index (χ1) is 8.71. The maximum atomic E-state index is 5.52. The van der Waals surface area contributed by atoms with Gasteiger partial charge < -0.3 is 10.1 Å². The minimum atomic E-state index is 0.198. The Morgan fingerprint density at radius 2 is 2.33 bits per heavy atom. The van der Waals surface area contributed by atoms with Crippen LogP contribution in [0.5, 0.6) is 0 Å². The summed E-state index contributed by atoms with van der Waals surface area (Å²) in [5, 5.41) is 3.87. The lowest BCUT2D eigenvalue weighted by molar-refractivity contribution is 0.179. The summed E-state index contributed by atoms with van der Waals surface area (Å²) in [4.78, 5) is 4.71. The number of thioether (sulfide) groups is 1. The van der Waals surface area contributed by atoms with Crippen molar-refractivity contribution < 1.29 is 4.74 Å². The topological polar surface area (TPSA) is 71.7 Å². The van der Waals surface area contributed by atoms with Crippen LogP contribution in [0.15, 0.2) is 4.99 Å². The van der Waals surface area contributed by atoms with Crippen molar-refractivity contribution in [2.75, 3.05) is 19.5 Å². The zero-order chi connectivity index (χ0) is 13.4. The van der Waals surface area contributed by atoms with Crippen LogP contribution in [0.3, 0.4) is 0 Å². The van der Waals surface area contributed by atoms with Crippen molar-refractivity contribution in [2.45, 2.75) is 50.4 Å². The Morgan fingerprint density at radius 1 is 1.56 bits per heavy atom. The van der Waals surface area contributed by atoms with Gasteiger partial charge in [0.1, 0.15) is 0 Å². The van der Waals surface area contributed by atoms with Gasteiger partial charge in [0.15, 0.2) is 0 Å². The molecule has 0 saturated heterocycles. The molecule has 6 heteroatoms. The van der Waals surface area contributed by atoms with Crippen molar-refractivity contribution in [1.82, 2.24) is 10.7 Å². The van der Waals surface area contributed by atoms with Crippen LogP contribution in [0, 0.1) is 0 Å². The summed E-state index contributed by atoms with van der Waals surface area (Å²) >= 11 is 2.00. The predicted molar refractivity (Wildman–Crippen MR) is 78.8 cm³/mol. The average molecular weight is 274 g/mol.